The second-order valence-corrected chi connectivity index (χ2v) is 7.75. The lowest BCUT2D eigenvalue weighted by Gasteiger charge is -2.33. The van der Waals surface area contributed by atoms with Crippen LogP contribution in [0.1, 0.15) is 69.9 Å². The van der Waals surface area contributed by atoms with E-state index in [1.54, 1.807) is 0 Å². The van der Waals surface area contributed by atoms with Gasteiger partial charge in [0.2, 0.25) is 0 Å². The zero-order chi connectivity index (χ0) is 14.6. The summed E-state index contributed by atoms with van der Waals surface area (Å²) in [5, 5.41) is 9.71. The standard InChI is InChI=1S/C18H28OS/c1-4-5-6-7-15(13-19)14-8-9-17-16(12-14)18(2,3)10-11-20-17/h8-9,12,15,19H,4-7,10-11,13H2,1-3H3/t15-/m1/s1. The van der Waals surface area contributed by atoms with Crippen LogP contribution < -0.4 is 0 Å². The Morgan fingerprint density at radius 3 is 2.80 bits per heavy atom. The summed E-state index contributed by atoms with van der Waals surface area (Å²) in [6, 6.07) is 6.88. The van der Waals surface area contributed by atoms with Gasteiger partial charge in [-0.2, -0.15) is 0 Å². The average molecular weight is 292 g/mol. The van der Waals surface area contributed by atoms with Crippen LogP contribution in [0.2, 0.25) is 0 Å². The summed E-state index contributed by atoms with van der Waals surface area (Å²) in [6.07, 6.45) is 6.08. The van der Waals surface area contributed by atoms with Gasteiger partial charge in [-0.15, -0.1) is 11.8 Å². The van der Waals surface area contributed by atoms with Crippen LogP contribution >= 0.6 is 11.8 Å². The van der Waals surface area contributed by atoms with Crippen LogP contribution in [0.3, 0.4) is 0 Å². The van der Waals surface area contributed by atoms with E-state index in [0.717, 1.165) is 6.42 Å². The first-order chi connectivity index (χ1) is 9.58. The van der Waals surface area contributed by atoms with E-state index >= 15 is 0 Å². The molecular weight excluding hydrogens is 264 g/mol. The molecule has 1 nitrogen and oxygen atoms in total. The molecule has 0 aliphatic carbocycles. The maximum atomic E-state index is 9.71. The molecule has 1 N–H and O–H groups in total. The molecule has 20 heavy (non-hydrogen) atoms. The minimum Gasteiger partial charge on any atom is -0.396 e. The fourth-order valence-corrected chi connectivity index (χ4v) is 4.50. The van der Waals surface area contributed by atoms with E-state index in [1.807, 2.05) is 11.8 Å². The number of aliphatic hydroxyl groups is 1. The number of unbranched alkanes of at least 4 members (excludes halogenated alkanes) is 2. The molecule has 0 saturated heterocycles. The zero-order valence-corrected chi connectivity index (χ0v) is 13.9. The summed E-state index contributed by atoms with van der Waals surface area (Å²) >= 11 is 1.98. The number of hydrogen-bond acceptors (Lipinski definition) is 2. The molecule has 0 unspecified atom stereocenters. The van der Waals surface area contributed by atoms with Gasteiger partial charge in [0.05, 0.1) is 0 Å². The summed E-state index contributed by atoms with van der Waals surface area (Å²) < 4.78 is 0. The minimum absolute atomic E-state index is 0.274. The highest BCUT2D eigenvalue weighted by Crippen LogP contribution is 2.42. The van der Waals surface area contributed by atoms with Crippen molar-refractivity contribution < 1.29 is 5.11 Å². The van der Waals surface area contributed by atoms with Crippen molar-refractivity contribution in [3.63, 3.8) is 0 Å². The third-order valence-electron chi connectivity index (χ3n) is 4.57. The van der Waals surface area contributed by atoms with Crippen molar-refractivity contribution >= 4 is 11.8 Å². The summed E-state index contributed by atoms with van der Waals surface area (Å²) in [6.45, 7) is 7.20. The molecule has 1 aliphatic heterocycles. The fourth-order valence-electron chi connectivity index (χ4n) is 3.01. The van der Waals surface area contributed by atoms with Gasteiger partial charge < -0.3 is 5.11 Å². The summed E-state index contributed by atoms with van der Waals surface area (Å²) in [5.41, 5.74) is 3.10. The van der Waals surface area contributed by atoms with Crippen LogP contribution in [0.15, 0.2) is 23.1 Å². The molecule has 0 saturated carbocycles. The van der Waals surface area contributed by atoms with Gasteiger partial charge in [0, 0.05) is 17.4 Å². The van der Waals surface area contributed by atoms with Gasteiger partial charge in [0.15, 0.2) is 0 Å². The molecule has 1 aliphatic rings. The molecule has 0 spiro atoms. The quantitative estimate of drug-likeness (QED) is 0.735. The van der Waals surface area contributed by atoms with Gasteiger partial charge in [0.1, 0.15) is 0 Å². The first kappa shape index (κ1) is 15.9. The van der Waals surface area contributed by atoms with Gasteiger partial charge in [-0.3, -0.25) is 0 Å². The molecule has 112 valence electrons. The first-order valence-electron chi connectivity index (χ1n) is 7.96. The Morgan fingerprint density at radius 1 is 1.30 bits per heavy atom. The minimum atomic E-state index is 0.274. The molecule has 1 aromatic carbocycles. The van der Waals surface area contributed by atoms with E-state index in [-0.39, 0.29) is 12.0 Å². The molecule has 1 heterocycles. The van der Waals surface area contributed by atoms with Crippen molar-refractivity contribution in [3.05, 3.63) is 29.3 Å². The van der Waals surface area contributed by atoms with Crippen LogP contribution in [-0.4, -0.2) is 17.5 Å². The normalized spacial score (nSPS) is 18.6. The fraction of sp³-hybridized carbons (Fsp3) is 0.667. The molecule has 2 heteroatoms. The van der Waals surface area contributed by atoms with Crippen LogP contribution in [0.4, 0.5) is 0 Å². The lowest BCUT2D eigenvalue weighted by atomic mass is 9.80. The van der Waals surface area contributed by atoms with Crippen LogP contribution in [-0.2, 0) is 5.41 Å². The molecule has 0 radical (unpaired) electrons. The monoisotopic (exact) mass is 292 g/mol. The highest BCUT2D eigenvalue weighted by molar-refractivity contribution is 7.99. The predicted molar refractivity (Wildman–Crippen MR) is 88.8 cm³/mol. The molecule has 0 amide bonds. The Hall–Kier alpha value is -0.470. The van der Waals surface area contributed by atoms with Gasteiger partial charge in [0.25, 0.3) is 0 Å². The second kappa shape index (κ2) is 7.00. The van der Waals surface area contributed by atoms with Gasteiger partial charge >= 0.3 is 0 Å². The van der Waals surface area contributed by atoms with Crippen molar-refractivity contribution in [2.45, 2.75) is 69.1 Å². The largest absolute Gasteiger partial charge is 0.396 e. The second-order valence-electron chi connectivity index (χ2n) is 6.61. The Balaban J connectivity index is 2.20. The van der Waals surface area contributed by atoms with Gasteiger partial charge in [-0.1, -0.05) is 52.2 Å². The summed E-state index contributed by atoms with van der Waals surface area (Å²) in [5.74, 6) is 1.54. The third kappa shape index (κ3) is 3.59. The van der Waals surface area contributed by atoms with Crippen molar-refractivity contribution in [3.8, 4) is 0 Å². The molecule has 2 rings (SSSR count). The van der Waals surface area contributed by atoms with E-state index in [1.165, 1.54) is 47.5 Å². The van der Waals surface area contributed by atoms with Gasteiger partial charge in [-0.25, -0.2) is 0 Å². The smallest absolute Gasteiger partial charge is 0.0499 e. The van der Waals surface area contributed by atoms with E-state index in [0.29, 0.717) is 5.92 Å². The van der Waals surface area contributed by atoms with Crippen molar-refractivity contribution in [1.82, 2.24) is 0 Å². The number of rotatable bonds is 6. The molecule has 1 aromatic rings. The van der Waals surface area contributed by atoms with E-state index in [9.17, 15) is 5.11 Å². The Kier molecular flexibility index (Phi) is 5.57. The zero-order valence-electron chi connectivity index (χ0n) is 13.1. The Bertz CT molecular complexity index is 439. The third-order valence-corrected chi connectivity index (χ3v) is 5.64. The molecule has 0 bridgehead atoms. The van der Waals surface area contributed by atoms with Crippen LogP contribution in [0, 0.1) is 0 Å². The maximum absolute atomic E-state index is 9.71. The van der Waals surface area contributed by atoms with E-state index in [2.05, 4.69) is 39.0 Å². The molecule has 0 fully saturated rings. The van der Waals surface area contributed by atoms with Crippen molar-refractivity contribution in [1.29, 1.82) is 0 Å². The first-order valence-corrected chi connectivity index (χ1v) is 8.95. The SMILES string of the molecule is CCCCC[C@H](CO)c1ccc2c(c1)C(C)(C)CCS2. The molecular formula is C18H28OS. The molecule has 1 atom stereocenters. The number of benzene rings is 1. The van der Waals surface area contributed by atoms with E-state index in [4.69, 9.17) is 0 Å². The Labute approximate surface area is 128 Å². The summed E-state index contributed by atoms with van der Waals surface area (Å²) in [4.78, 5) is 1.44. The predicted octanol–water partition coefficient (Wildman–Crippen LogP) is 5.12. The topological polar surface area (TPSA) is 20.2 Å². The summed E-state index contributed by atoms with van der Waals surface area (Å²) in [7, 11) is 0. The Morgan fingerprint density at radius 2 is 2.10 bits per heavy atom. The van der Waals surface area contributed by atoms with Crippen LogP contribution in [0.25, 0.3) is 0 Å². The van der Waals surface area contributed by atoms with Crippen molar-refractivity contribution in [2.24, 2.45) is 0 Å². The maximum Gasteiger partial charge on any atom is 0.0499 e. The number of fused-ring (bicyclic) bond motifs is 1. The average Bonchev–Trinajstić information content (AvgIpc) is 2.43. The highest BCUT2D eigenvalue weighted by Gasteiger charge is 2.28. The lowest BCUT2D eigenvalue weighted by molar-refractivity contribution is 0.256. The number of thioether (sulfide) groups is 1. The number of hydrogen-bond donors (Lipinski definition) is 1. The van der Waals surface area contributed by atoms with E-state index < -0.39 is 0 Å². The highest BCUT2D eigenvalue weighted by atomic mass is 32.2. The van der Waals surface area contributed by atoms with Crippen LogP contribution in [0.5, 0.6) is 0 Å². The van der Waals surface area contributed by atoms with Gasteiger partial charge in [-0.05, 0) is 41.2 Å². The lowest BCUT2D eigenvalue weighted by Crippen LogP contribution is -2.23. The van der Waals surface area contributed by atoms with Crippen molar-refractivity contribution in [2.75, 3.05) is 12.4 Å². The number of aliphatic hydroxyl groups excluding tert-OH is 1. The molecule has 0 aromatic heterocycles.